The minimum Gasteiger partial charge on any atom is -0.382 e. The van der Waals surface area contributed by atoms with Gasteiger partial charge in [0.2, 0.25) is 0 Å². The second-order valence-corrected chi connectivity index (χ2v) is 4.85. The molecule has 0 aromatic heterocycles. The van der Waals surface area contributed by atoms with Gasteiger partial charge in [-0.05, 0) is 44.4 Å². The Morgan fingerprint density at radius 2 is 2.25 bits per heavy atom. The fourth-order valence-corrected chi connectivity index (χ4v) is 2.23. The van der Waals surface area contributed by atoms with E-state index in [0.29, 0.717) is 12.2 Å². The molecule has 0 amide bonds. The second-order valence-electron chi connectivity index (χ2n) is 4.44. The average Bonchev–Trinajstić information content (AvgIpc) is 2.67. The van der Waals surface area contributed by atoms with E-state index >= 15 is 0 Å². The lowest BCUT2D eigenvalue weighted by atomic mass is 10.1. The van der Waals surface area contributed by atoms with Gasteiger partial charge in [0.05, 0.1) is 12.2 Å². The highest BCUT2D eigenvalue weighted by Gasteiger charge is 2.21. The van der Waals surface area contributed by atoms with Gasteiger partial charge in [0, 0.05) is 17.3 Å². The first-order chi connectivity index (χ1) is 7.66. The van der Waals surface area contributed by atoms with Crippen LogP contribution in [-0.2, 0) is 4.74 Å². The molecule has 3 heteroatoms. The van der Waals surface area contributed by atoms with Gasteiger partial charge in [-0.3, -0.25) is 0 Å². The molecule has 1 heterocycles. The minimum atomic E-state index is 0.341. The maximum absolute atomic E-state index is 6.06. The summed E-state index contributed by atoms with van der Waals surface area (Å²) in [7, 11) is 0. The zero-order chi connectivity index (χ0) is 11.5. The van der Waals surface area contributed by atoms with Crippen molar-refractivity contribution in [2.24, 2.45) is 0 Å². The third-order valence-corrected chi connectivity index (χ3v) is 3.52. The number of anilines is 1. The maximum atomic E-state index is 6.06. The van der Waals surface area contributed by atoms with Crippen molar-refractivity contribution >= 4 is 17.3 Å². The number of halogens is 1. The van der Waals surface area contributed by atoms with Gasteiger partial charge in [0.15, 0.2) is 0 Å². The summed E-state index contributed by atoms with van der Waals surface area (Å²) in [5.41, 5.74) is 2.21. The molecule has 2 rings (SSSR count). The first-order valence-corrected chi connectivity index (χ1v) is 6.19. The summed E-state index contributed by atoms with van der Waals surface area (Å²) < 4.78 is 5.76. The molecule has 0 aliphatic carbocycles. The standard InChI is InChI=1S/C13H18ClNO/c1-9-6-7-11(16-9)8-15-13-5-3-4-12(14)10(13)2/h3-5,9,11,15H,6-8H2,1-2H3. The maximum Gasteiger partial charge on any atom is 0.0751 e. The van der Waals surface area contributed by atoms with E-state index in [-0.39, 0.29) is 0 Å². The Hall–Kier alpha value is -0.730. The fourth-order valence-electron chi connectivity index (χ4n) is 2.06. The quantitative estimate of drug-likeness (QED) is 0.870. The van der Waals surface area contributed by atoms with Crippen LogP contribution in [0.2, 0.25) is 5.02 Å². The summed E-state index contributed by atoms with van der Waals surface area (Å²) in [6.07, 6.45) is 3.06. The predicted molar refractivity (Wildman–Crippen MR) is 68.2 cm³/mol. The lowest BCUT2D eigenvalue weighted by Crippen LogP contribution is -2.20. The largest absolute Gasteiger partial charge is 0.382 e. The summed E-state index contributed by atoms with van der Waals surface area (Å²) in [5.74, 6) is 0. The van der Waals surface area contributed by atoms with E-state index in [4.69, 9.17) is 16.3 Å². The first kappa shape index (κ1) is 11.7. The Balaban J connectivity index is 1.92. The number of hydrogen-bond acceptors (Lipinski definition) is 2. The molecular formula is C13H18ClNO. The molecule has 1 N–H and O–H groups in total. The Morgan fingerprint density at radius 1 is 1.44 bits per heavy atom. The van der Waals surface area contributed by atoms with Gasteiger partial charge < -0.3 is 10.1 Å². The molecule has 1 aliphatic heterocycles. The van der Waals surface area contributed by atoms with E-state index in [9.17, 15) is 0 Å². The molecular weight excluding hydrogens is 222 g/mol. The molecule has 88 valence electrons. The highest BCUT2D eigenvalue weighted by Crippen LogP contribution is 2.24. The number of rotatable bonds is 3. The molecule has 1 aromatic carbocycles. The Kier molecular flexibility index (Phi) is 3.72. The van der Waals surface area contributed by atoms with Crippen molar-refractivity contribution in [1.82, 2.24) is 0 Å². The van der Waals surface area contributed by atoms with Crippen molar-refractivity contribution in [3.05, 3.63) is 28.8 Å². The molecule has 2 atom stereocenters. The molecule has 1 aromatic rings. The highest BCUT2D eigenvalue weighted by molar-refractivity contribution is 6.31. The molecule has 0 radical (unpaired) electrons. The van der Waals surface area contributed by atoms with Crippen LogP contribution in [0.15, 0.2) is 18.2 Å². The third-order valence-electron chi connectivity index (χ3n) is 3.11. The van der Waals surface area contributed by atoms with E-state index in [1.807, 2.05) is 19.1 Å². The predicted octanol–water partition coefficient (Wildman–Crippen LogP) is 3.63. The van der Waals surface area contributed by atoms with Crippen LogP contribution in [-0.4, -0.2) is 18.8 Å². The molecule has 2 unspecified atom stereocenters. The van der Waals surface area contributed by atoms with Crippen LogP contribution in [0.1, 0.15) is 25.3 Å². The SMILES string of the molecule is Cc1c(Cl)cccc1NCC1CCC(C)O1. The van der Waals surface area contributed by atoms with Crippen LogP contribution in [0.4, 0.5) is 5.69 Å². The Morgan fingerprint density at radius 3 is 2.94 bits per heavy atom. The molecule has 1 saturated heterocycles. The number of nitrogens with one attached hydrogen (secondary N) is 1. The van der Waals surface area contributed by atoms with Crippen LogP contribution in [0, 0.1) is 6.92 Å². The Labute approximate surface area is 102 Å². The van der Waals surface area contributed by atoms with Crippen LogP contribution in [0.5, 0.6) is 0 Å². The van der Waals surface area contributed by atoms with E-state index < -0.39 is 0 Å². The normalized spacial score (nSPS) is 24.7. The zero-order valence-electron chi connectivity index (χ0n) is 9.79. The molecule has 0 bridgehead atoms. The van der Waals surface area contributed by atoms with Gasteiger partial charge in [-0.25, -0.2) is 0 Å². The van der Waals surface area contributed by atoms with Crippen molar-refractivity contribution in [2.45, 2.75) is 38.9 Å². The summed E-state index contributed by atoms with van der Waals surface area (Å²) >= 11 is 6.06. The molecule has 0 saturated carbocycles. The number of hydrogen-bond donors (Lipinski definition) is 1. The van der Waals surface area contributed by atoms with Crippen molar-refractivity contribution in [2.75, 3.05) is 11.9 Å². The molecule has 16 heavy (non-hydrogen) atoms. The van der Waals surface area contributed by atoms with Gasteiger partial charge >= 0.3 is 0 Å². The Bertz CT molecular complexity index is 367. The van der Waals surface area contributed by atoms with Crippen LogP contribution in [0.3, 0.4) is 0 Å². The lowest BCUT2D eigenvalue weighted by Gasteiger charge is -2.15. The van der Waals surface area contributed by atoms with Crippen LogP contribution < -0.4 is 5.32 Å². The van der Waals surface area contributed by atoms with Gasteiger partial charge in [0.25, 0.3) is 0 Å². The monoisotopic (exact) mass is 239 g/mol. The summed E-state index contributed by atoms with van der Waals surface area (Å²) in [4.78, 5) is 0. The van der Waals surface area contributed by atoms with Crippen LogP contribution >= 0.6 is 11.6 Å². The van der Waals surface area contributed by atoms with E-state index in [0.717, 1.165) is 29.2 Å². The van der Waals surface area contributed by atoms with E-state index in [1.165, 1.54) is 6.42 Å². The first-order valence-electron chi connectivity index (χ1n) is 5.81. The summed E-state index contributed by atoms with van der Waals surface area (Å²) in [5, 5.41) is 4.22. The average molecular weight is 240 g/mol. The minimum absolute atomic E-state index is 0.341. The number of benzene rings is 1. The highest BCUT2D eigenvalue weighted by atomic mass is 35.5. The van der Waals surface area contributed by atoms with Gasteiger partial charge in [-0.15, -0.1) is 0 Å². The zero-order valence-corrected chi connectivity index (χ0v) is 10.6. The fraction of sp³-hybridized carbons (Fsp3) is 0.538. The van der Waals surface area contributed by atoms with Gasteiger partial charge in [-0.1, -0.05) is 17.7 Å². The second kappa shape index (κ2) is 5.07. The van der Waals surface area contributed by atoms with Gasteiger partial charge in [-0.2, -0.15) is 0 Å². The lowest BCUT2D eigenvalue weighted by molar-refractivity contribution is 0.0637. The van der Waals surface area contributed by atoms with Crippen LogP contribution in [0.25, 0.3) is 0 Å². The van der Waals surface area contributed by atoms with E-state index in [1.54, 1.807) is 0 Å². The smallest absolute Gasteiger partial charge is 0.0751 e. The van der Waals surface area contributed by atoms with Gasteiger partial charge in [0.1, 0.15) is 0 Å². The molecule has 1 fully saturated rings. The molecule has 2 nitrogen and oxygen atoms in total. The van der Waals surface area contributed by atoms with Crippen molar-refractivity contribution in [3.63, 3.8) is 0 Å². The summed E-state index contributed by atoms with van der Waals surface area (Å²) in [6.45, 7) is 5.03. The third kappa shape index (κ3) is 2.69. The van der Waals surface area contributed by atoms with Crippen molar-refractivity contribution in [1.29, 1.82) is 0 Å². The molecule has 0 spiro atoms. The molecule has 1 aliphatic rings. The van der Waals surface area contributed by atoms with Crippen molar-refractivity contribution in [3.8, 4) is 0 Å². The number of ether oxygens (including phenoxy) is 1. The van der Waals surface area contributed by atoms with E-state index in [2.05, 4.69) is 18.3 Å². The topological polar surface area (TPSA) is 21.3 Å². The van der Waals surface area contributed by atoms with Crippen molar-refractivity contribution < 1.29 is 4.74 Å². The summed E-state index contributed by atoms with van der Waals surface area (Å²) in [6, 6.07) is 5.94.